The number of carboxylic acids is 1. The lowest BCUT2D eigenvalue weighted by atomic mass is 10.1. The molecule has 6 nitrogen and oxygen atoms in total. The molecule has 86 valence electrons. The van der Waals surface area contributed by atoms with Crippen molar-refractivity contribution >= 4 is 27.7 Å². The van der Waals surface area contributed by atoms with Crippen LogP contribution in [0.1, 0.15) is 22.3 Å². The van der Waals surface area contributed by atoms with E-state index in [1.54, 1.807) is 0 Å². The smallest absolute Gasteiger partial charge is 0.374 e. The number of carboxylic acid groups (broad SMARTS) is 1. The molecule has 1 N–H and O–H groups in total. The highest BCUT2D eigenvalue weighted by Gasteiger charge is 2.31. The predicted octanol–water partition coefficient (Wildman–Crippen LogP) is 2.39. The molecule has 0 unspecified atom stereocenters. The van der Waals surface area contributed by atoms with Gasteiger partial charge in [-0.3, -0.25) is 0 Å². The zero-order chi connectivity index (χ0) is 12.5. The summed E-state index contributed by atoms with van der Waals surface area (Å²) in [6.45, 7) is 0. The van der Waals surface area contributed by atoms with Crippen molar-refractivity contribution in [3.05, 3.63) is 31.9 Å². The molecule has 1 aromatic heterocycles. The number of aromatic carboxylic acids is 1. The second kappa shape index (κ2) is 4.47. The summed E-state index contributed by atoms with van der Waals surface area (Å²) in [7, 11) is 0. The van der Waals surface area contributed by atoms with Gasteiger partial charge in [0.15, 0.2) is 0 Å². The number of pyridine rings is 1. The van der Waals surface area contributed by atoms with E-state index in [1.165, 1.54) is 0 Å². The maximum Gasteiger partial charge on any atom is 0.374 e. The topological polar surface area (TPSA) is 93.3 Å². The van der Waals surface area contributed by atoms with Crippen molar-refractivity contribution in [1.29, 1.82) is 0 Å². The number of halogens is 3. The number of nitro groups is 1. The summed E-state index contributed by atoms with van der Waals surface area (Å²) in [6.07, 6.45) is -3.29. The van der Waals surface area contributed by atoms with Crippen molar-refractivity contribution in [2.24, 2.45) is 0 Å². The molecule has 0 saturated heterocycles. The summed E-state index contributed by atoms with van der Waals surface area (Å²) in [5.41, 5.74) is -2.04. The Balaban J connectivity index is 3.60. The molecular weight excluding hydrogens is 294 g/mol. The Morgan fingerprint density at radius 2 is 2.19 bits per heavy atom. The van der Waals surface area contributed by atoms with E-state index in [2.05, 4.69) is 20.9 Å². The molecule has 0 bridgehead atoms. The third-order valence-electron chi connectivity index (χ3n) is 1.63. The van der Waals surface area contributed by atoms with Gasteiger partial charge >= 0.3 is 11.8 Å². The van der Waals surface area contributed by atoms with Crippen molar-refractivity contribution in [3.63, 3.8) is 0 Å². The van der Waals surface area contributed by atoms with E-state index in [4.69, 9.17) is 5.11 Å². The first-order chi connectivity index (χ1) is 7.34. The van der Waals surface area contributed by atoms with Crippen LogP contribution in [0.3, 0.4) is 0 Å². The normalized spacial score (nSPS) is 10.5. The van der Waals surface area contributed by atoms with Gasteiger partial charge in [-0.05, 0) is 9.91 Å². The molecule has 16 heavy (non-hydrogen) atoms. The third kappa shape index (κ3) is 2.30. The number of alkyl halides is 2. The molecule has 0 aliphatic heterocycles. The van der Waals surface area contributed by atoms with E-state index in [-0.39, 0.29) is 4.60 Å². The van der Waals surface area contributed by atoms with E-state index in [0.717, 1.165) is 6.07 Å². The summed E-state index contributed by atoms with van der Waals surface area (Å²) >= 11 is 2.71. The van der Waals surface area contributed by atoms with E-state index < -0.39 is 34.3 Å². The molecule has 0 saturated carbocycles. The Labute approximate surface area is 95.2 Å². The summed E-state index contributed by atoms with van der Waals surface area (Å²) < 4.78 is 24.8. The van der Waals surface area contributed by atoms with Crippen molar-refractivity contribution in [2.75, 3.05) is 0 Å². The zero-order valence-electron chi connectivity index (χ0n) is 7.35. The minimum atomic E-state index is -3.29. The lowest BCUT2D eigenvalue weighted by Gasteiger charge is -2.05. The minimum absolute atomic E-state index is 0.194. The Kier molecular flexibility index (Phi) is 3.48. The molecular formula is C7H3BrF2N2O4. The first-order valence-electron chi connectivity index (χ1n) is 3.71. The fourth-order valence-electron chi connectivity index (χ4n) is 1.04. The van der Waals surface area contributed by atoms with Crippen LogP contribution in [0.15, 0.2) is 10.7 Å². The largest absolute Gasteiger partial charge is 0.478 e. The van der Waals surface area contributed by atoms with Gasteiger partial charge in [0.25, 0.3) is 6.43 Å². The van der Waals surface area contributed by atoms with Gasteiger partial charge in [0.05, 0.1) is 5.56 Å². The Morgan fingerprint density at radius 3 is 2.56 bits per heavy atom. The molecule has 0 fully saturated rings. The summed E-state index contributed by atoms with van der Waals surface area (Å²) in [6, 6.07) is 0.789. The highest BCUT2D eigenvalue weighted by molar-refractivity contribution is 9.10. The van der Waals surface area contributed by atoms with E-state index in [0.29, 0.717) is 0 Å². The predicted molar refractivity (Wildman–Crippen MR) is 50.5 cm³/mol. The Bertz CT molecular complexity index is 431. The van der Waals surface area contributed by atoms with E-state index in [9.17, 15) is 23.7 Å². The standard InChI is InChI=1S/C7H3BrF2N2O4/c8-3-1-2(7(13)14)4(5(9)10)6(11-3)12(15)16/h1,5H,(H,13,14). The summed E-state index contributed by atoms with van der Waals surface area (Å²) in [5.74, 6) is -2.84. The molecule has 1 heterocycles. The van der Waals surface area contributed by atoms with Gasteiger partial charge in [0.1, 0.15) is 5.56 Å². The molecule has 1 aromatic rings. The second-order valence-electron chi connectivity index (χ2n) is 2.59. The van der Waals surface area contributed by atoms with Gasteiger partial charge in [-0.1, -0.05) is 0 Å². The summed E-state index contributed by atoms with van der Waals surface area (Å²) in [4.78, 5) is 23.2. The van der Waals surface area contributed by atoms with Crippen LogP contribution in [-0.4, -0.2) is 21.0 Å². The molecule has 9 heteroatoms. The van der Waals surface area contributed by atoms with Crippen molar-refractivity contribution in [3.8, 4) is 0 Å². The molecule has 0 aromatic carbocycles. The number of hydrogen-bond acceptors (Lipinski definition) is 4. The maximum atomic E-state index is 12.5. The monoisotopic (exact) mass is 296 g/mol. The van der Waals surface area contributed by atoms with Crippen LogP contribution >= 0.6 is 15.9 Å². The van der Waals surface area contributed by atoms with Gasteiger partial charge in [0.2, 0.25) is 4.60 Å². The van der Waals surface area contributed by atoms with Crippen LogP contribution in [0.2, 0.25) is 0 Å². The number of carbonyl (C=O) groups is 1. The molecule has 0 amide bonds. The van der Waals surface area contributed by atoms with Gasteiger partial charge in [-0.2, -0.15) is 0 Å². The highest BCUT2D eigenvalue weighted by Crippen LogP contribution is 2.32. The average molecular weight is 297 g/mol. The van der Waals surface area contributed by atoms with Crippen molar-refractivity contribution < 1.29 is 23.6 Å². The summed E-state index contributed by atoms with van der Waals surface area (Å²) in [5, 5.41) is 19.1. The van der Waals surface area contributed by atoms with Crippen LogP contribution in [-0.2, 0) is 0 Å². The second-order valence-corrected chi connectivity index (χ2v) is 3.41. The SMILES string of the molecule is O=C(O)c1cc(Br)nc([N+](=O)[O-])c1C(F)F. The maximum absolute atomic E-state index is 12.5. The first kappa shape index (κ1) is 12.4. The van der Waals surface area contributed by atoms with Crippen molar-refractivity contribution in [2.45, 2.75) is 6.43 Å². The molecule has 0 atom stereocenters. The van der Waals surface area contributed by atoms with Crippen LogP contribution in [0.25, 0.3) is 0 Å². The fourth-order valence-corrected chi connectivity index (χ4v) is 1.44. The Hall–Kier alpha value is -1.64. The zero-order valence-corrected chi connectivity index (χ0v) is 8.94. The van der Waals surface area contributed by atoms with E-state index in [1.807, 2.05) is 0 Å². The minimum Gasteiger partial charge on any atom is -0.478 e. The number of aromatic nitrogens is 1. The lowest BCUT2D eigenvalue weighted by molar-refractivity contribution is -0.391. The lowest BCUT2D eigenvalue weighted by Crippen LogP contribution is -2.08. The van der Waals surface area contributed by atoms with Gasteiger partial charge in [-0.15, -0.1) is 0 Å². The van der Waals surface area contributed by atoms with E-state index >= 15 is 0 Å². The quantitative estimate of drug-likeness (QED) is 0.525. The van der Waals surface area contributed by atoms with Gasteiger partial charge < -0.3 is 15.2 Å². The molecule has 0 aliphatic rings. The van der Waals surface area contributed by atoms with Crippen LogP contribution < -0.4 is 0 Å². The Morgan fingerprint density at radius 1 is 1.62 bits per heavy atom. The fraction of sp³-hybridized carbons (Fsp3) is 0.143. The van der Waals surface area contributed by atoms with Crippen LogP contribution in [0.5, 0.6) is 0 Å². The van der Waals surface area contributed by atoms with Crippen LogP contribution in [0, 0.1) is 10.1 Å². The first-order valence-corrected chi connectivity index (χ1v) is 4.50. The van der Waals surface area contributed by atoms with Crippen LogP contribution in [0.4, 0.5) is 14.6 Å². The third-order valence-corrected chi connectivity index (χ3v) is 2.04. The number of nitrogens with zero attached hydrogens (tertiary/aromatic N) is 2. The number of hydrogen-bond donors (Lipinski definition) is 1. The molecule has 0 aliphatic carbocycles. The molecule has 1 rings (SSSR count). The molecule has 0 spiro atoms. The van der Waals surface area contributed by atoms with Gasteiger partial charge in [0, 0.05) is 22.0 Å². The highest BCUT2D eigenvalue weighted by atomic mass is 79.9. The van der Waals surface area contributed by atoms with Crippen molar-refractivity contribution in [1.82, 2.24) is 4.98 Å². The number of rotatable bonds is 3. The average Bonchev–Trinajstić information content (AvgIpc) is 2.15. The van der Waals surface area contributed by atoms with Gasteiger partial charge in [-0.25, -0.2) is 13.6 Å². The molecule has 0 radical (unpaired) electrons.